The van der Waals surface area contributed by atoms with Crippen LogP contribution in [0.1, 0.15) is 69.9 Å². The Morgan fingerprint density at radius 2 is 1.92 bits per heavy atom. The van der Waals surface area contributed by atoms with Crippen LogP contribution in [0.25, 0.3) is 27.8 Å². The van der Waals surface area contributed by atoms with E-state index in [2.05, 4.69) is 46.4 Å². The van der Waals surface area contributed by atoms with Gasteiger partial charge in [-0.3, -0.25) is 4.57 Å². The minimum Gasteiger partial charge on any atom is -0.493 e. The van der Waals surface area contributed by atoms with E-state index in [1.165, 1.54) is 11.9 Å². The molecule has 2 aliphatic rings. The molecule has 0 unspecified atom stereocenters. The molecular weight excluding hydrogens is 480 g/mol. The van der Waals surface area contributed by atoms with Crippen molar-refractivity contribution >= 4 is 16.7 Å². The Kier molecular flexibility index (Phi) is 6.97. The van der Waals surface area contributed by atoms with Gasteiger partial charge in [-0.15, -0.1) is 0 Å². The first-order valence-corrected chi connectivity index (χ1v) is 14.0. The van der Waals surface area contributed by atoms with Crippen molar-refractivity contribution in [2.45, 2.75) is 70.4 Å². The van der Waals surface area contributed by atoms with Crippen LogP contribution in [0.15, 0.2) is 35.5 Å². The zero-order valence-electron chi connectivity index (χ0n) is 22.6. The van der Waals surface area contributed by atoms with Crippen LogP contribution in [0.2, 0.25) is 0 Å². The first-order valence-electron chi connectivity index (χ1n) is 14.0. The van der Waals surface area contributed by atoms with Gasteiger partial charge >= 0.3 is 5.69 Å². The number of nitrogens with one attached hydrogen (secondary N) is 2. The van der Waals surface area contributed by atoms with Crippen molar-refractivity contribution < 1.29 is 9.47 Å². The maximum atomic E-state index is 13.3. The van der Waals surface area contributed by atoms with E-state index in [1.54, 1.807) is 11.6 Å². The highest BCUT2D eigenvalue weighted by Gasteiger charge is 2.26. The highest BCUT2D eigenvalue weighted by molar-refractivity contribution is 5.85. The molecule has 2 fully saturated rings. The van der Waals surface area contributed by atoms with Gasteiger partial charge in [0.05, 0.1) is 18.1 Å². The van der Waals surface area contributed by atoms with Crippen molar-refractivity contribution in [2.75, 3.05) is 26.9 Å². The predicted octanol–water partition coefficient (Wildman–Crippen LogP) is 4.67. The van der Waals surface area contributed by atoms with Gasteiger partial charge in [0.25, 0.3) is 0 Å². The molecule has 38 heavy (non-hydrogen) atoms. The van der Waals surface area contributed by atoms with Crippen LogP contribution in [0.4, 0.5) is 0 Å². The number of ether oxygens (including phenoxy) is 2. The van der Waals surface area contributed by atoms with E-state index >= 15 is 0 Å². The second-order valence-electron chi connectivity index (χ2n) is 11.2. The van der Waals surface area contributed by atoms with Crippen LogP contribution in [0, 0.1) is 5.92 Å². The Morgan fingerprint density at radius 1 is 1.13 bits per heavy atom. The molecule has 9 heteroatoms. The standard InChI is InChI=1S/C29H38N6O3/c1-18(2)23-14-26-25(13-24(23)20-12-27(37-3)28-31-17-32-34(28)16-20)33-29(36)35(26)22-6-4-21(5-7-22)30-15-19-8-10-38-11-9-19/h12-14,16-19,21-22,30H,4-11,15H2,1-3H3,(H,33,36)/t21-,22+. The molecule has 0 bridgehead atoms. The molecule has 0 radical (unpaired) electrons. The lowest BCUT2D eigenvalue weighted by Gasteiger charge is -2.32. The fourth-order valence-electron chi connectivity index (χ4n) is 6.29. The molecule has 202 valence electrons. The smallest absolute Gasteiger partial charge is 0.326 e. The van der Waals surface area contributed by atoms with Gasteiger partial charge in [0.15, 0.2) is 11.4 Å². The van der Waals surface area contributed by atoms with Crippen molar-refractivity contribution in [3.63, 3.8) is 0 Å². The third kappa shape index (κ3) is 4.73. The third-order valence-electron chi connectivity index (χ3n) is 8.48. The van der Waals surface area contributed by atoms with Crippen LogP contribution < -0.4 is 15.7 Å². The molecule has 1 saturated carbocycles. The van der Waals surface area contributed by atoms with E-state index in [-0.39, 0.29) is 17.6 Å². The Balaban J connectivity index is 1.27. The van der Waals surface area contributed by atoms with E-state index < -0.39 is 0 Å². The molecule has 4 heterocycles. The molecule has 9 nitrogen and oxygen atoms in total. The molecule has 2 N–H and O–H groups in total. The average molecular weight is 519 g/mol. The minimum atomic E-state index is -0.0187. The van der Waals surface area contributed by atoms with E-state index in [4.69, 9.17) is 9.47 Å². The van der Waals surface area contributed by atoms with Gasteiger partial charge in [0.1, 0.15) is 6.33 Å². The largest absolute Gasteiger partial charge is 0.493 e. The molecule has 1 aliphatic carbocycles. The van der Waals surface area contributed by atoms with Crippen LogP contribution in [0.3, 0.4) is 0 Å². The normalized spacial score (nSPS) is 21.1. The zero-order chi connectivity index (χ0) is 26.2. The van der Waals surface area contributed by atoms with Crippen molar-refractivity contribution in [3.05, 3.63) is 46.8 Å². The number of hydrogen-bond donors (Lipinski definition) is 2. The van der Waals surface area contributed by atoms with Crippen molar-refractivity contribution in [3.8, 4) is 16.9 Å². The molecule has 1 aliphatic heterocycles. The van der Waals surface area contributed by atoms with Gasteiger partial charge in [-0.1, -0.05) is 13.8 Å². The minimum absolute atomic E-state index is 0.0187. The van der Waals surface area contributed by atoms with Gasteiger partial charge in [0.2, 0.25) is 0 Å². The van der Waals surface area contributed by atoms with Gasteiger partial charge in [-0.25, -0.2) is 14.3 Å². The van der Waals surface area contributed by atoms with Gasteiger partial charge in [-0.2, -0.15) is 5.10 Å². The summed E-state index contributed by atoms with van der Waals surface area (Å²) < 4.78 is 14.9. The quantitative estimate of drug-likeness (QED) is 0.369. The van der Waals surface area contributed by atoms with Gasteiger partial charge in [-0.05, 0) is 86.2 Å². The summed E-state index contributed by atoms with van der Waals surface area (Å²) in [5, 5.41) is 8.13. The maximum Gasteiger partial charge on any atom is 0.326 e. The molecule has 6 rings (SSSR count). The summed E-state index contributed by atoms with van der Waals surface area (Å²) in [6.07, 6.45) is 10.0. The molecule has 0 amide bonds. The van der Waals surface area contributed by atoms with E-state index in [0.29, 0.717) is 17.4 Å². The molecule has 3 aromatic heterocycles. The fourth-order valence-corrected chi connectivity index (χ4v) is 6.29. The Labute approximate surface area is 222 Å². The lowest BCUT2D eigenvalue weighted by molar-refractivity contribution is 0.0648. The highest BCUT2D eigenvalue weighted by Crippen LogP contribution is 2.37. The van der Waals surface area contributed by atoms with Crippen LogP contribution in [-0.2, 0) is 4.74 Å². The SMILES string of the molecule is COc1cc(-c2cc3[nH]c(=O)n([C@H]4CC[C@@H](NCC5CCOCC5)CC4)c3cc2C(C)C)cn2ncnc12. The second kappa shape index (κ2) is 10.5. The van der Waals surface area contributed by atoms with Crippen LogP contribution in [0.5, 0.6) is 5.75 Å². The predicted molar refractivity (Wildman–Crippen MR) is 148 cm³/mol. The second-order valence-corrected chi connectivity index (χ2v) is 11.2. The summed E-state index contributed by atoms with van der Waals surface area (Å²) in [5.74, 6) is 1.67. The number of aromatic nitrogens is 5. The number of rotatable bonds is 7. The number of hydrogen-bond acceptors (Lipinski definition) is 6. The molecule has 1 saturated heterocycles. The molecule has 0 spiro atoms. The summed E-state index contributed by atoms with van der Waals surface area (Å²) in [6, 6.07) is 7.08. The highest BCUT2D eigenvalue weighted by atomic mass is 16.5. The fraction of sp³-hybridized carbons (Fsp3) is 0.552. The van der Waals surface area contributed by atoms with E-state index in [9.17, 15) is 4.79 Å². The van der Waals surface area contributed by atoms with Crippen LogP contribution in [-0.4, -0.2) is 57.1 Å². The Morgan fingerprint density at radius 3 is 2.66 bits per heavy atom. The summed E-state index contributed by atoms with van der Waals surface area (Å²) >= 11 is 0. The van der Waals surface area contributed by atoms with Crippen molar-refractivity contribution in [2.24, 2.45) is 5.92 Å². The number of nitrogens with zero attached hydrogens (tertiary/aromatic N) is 4. The summed E-state index contributed by atoms with van der Waals surface area (Å²) in [4.78, 5) is 20.7. The summed E-state index contributed by atoms with van der Waals surface area (Å²) in [5.41, 5.74) is 5.77. The number of H-pyrrole nitrogens is 1. The monoisotopic (exact) mass is 518 g/mol. The van der Waals surface area contributed by atoms with Crippen molar-refractivity contribution in [1.82, 2.24) is 29.5 Å². The number of pyridine rings is 1. The van der Waals surface area contributed by atoms with E-state index in [0.717, 1.165) is 86.4 Å². The average Bonchev–Trinajstić information content (AvgIpc) is 3.54. The Bertz CT molecular complexity index is 1470. The number of benzene rings is 1. The molecular formula is C29H38N6O3. The zero-order valence-corrected chi connectivity index (χ0v) is 22.6. The number of imidazole rings is 1. The summed E-state index contributed by atoms with van der Waals surface area (Å²) in [6.45, 7) is 7.26. The lowest BCUT2D eigenvalue weighted by atomic mass is 9.89. The van der Waals surface area contributed by atoms with Gasteiger partial charge < -0.3 is 19.8 Å². The first kappa shape index (κ1) is 25.1. The summed E-state index contributed by atoms with van der Waals surface area (Å²) in [7, 11) is 1.65. The number of aromatic amines is 1. The first-order chi connectivity index (χ1) is 18.5. The number of fused-ring (bicyclic) bond motifs is 2. The topological polar surface area (TPSA) is 98.5 Å². The van der Waals surface area contributed by atoms with E-state index in [1.807, 2.05) is 16.8 Å². The van der Waals surface area contributed by atoms with Crippen LogP contribution >= 0.6 is 0 Å². The molecule has 0 atom stereocenters. The molecule has 1 aromatic carbocycles. The number of methoxy groups -OCH3 is 1. The lowest BCUT2D eigenvalue weighted by Crippen LogP contribution is -2.38. The van der Waals surface area contributed by atoms with Crippen molar-refractivity contribution in [1.29, 1.82) is 0 Å². The Hall–Kier alpha value is -3.17. The molecule has 4 aromatic rings. The maximum absolute atomic E-state index is 13.3. The van der Waals surface area contributed by atoms with Gasteiger partial charge in [0, 0.05) is 37.1 Å². The third-order valence-corrected chi connectivity index (χ3v) is 8.48.